The summed E-state index contributed by atoms with van der Waals surface area (Å²) in [5.74, 6) is -0.573. The van der Waals surface area contributed by atoms with E-state index in [-0.39, 0.29) is 35.7 Å². The summed E-state index contributed by atoms with van der Waals surface area (Å²) in [6, 6.07) is 9.91. The van der Waals surface area contributed by atoms with Crippen LogP contribution in [0.4, 0.5) is 18.9 Å². The Morgan fingerprint density at radius 1 is 1.26 bits per heavy atom. The molecule has 1 aliphatic rings. The van der Waals surface area contributed by atoms with Crippen LogP contribution >= 0.6 is 0 Å². The van der Waals surface area contributed by atoms with Crippen LogP contribution in [-0.2, 0) is 27.8 Å². The molecule has 1 amide bonds. The van der Waals surface area contributed by atoms with E-state index < -0.39 is 16.4 Å². The summed E-state index contributed by atoms with van der Waals surface area (Å²) < 4.78 is 65.1. The molecule has 1 atom stereocenters. The van der Waals surface area contributed by atoms with E-state index in [0.29, 0.717) is 23.2 Å². The van der Waals surface area contributed by atoms with Crippen molar-refractivity contribution in [2.45, 2.75) is 37.2 Å². The Kier molecular flexibility index (Phi) is 6.30. The van der Waals surface area contributed by atoms with Crippen LogP contribution in [0, 0.1) is 0 Å². The van der Waals surface area contributed by atoms with Crippen molar-refractivity contribution >= 4 is 21.6 Å². The van der Waals surface area contributed by atoms with Gasteiger partial charge in [-0.25, -0.2) is 13.6 Å². The largest absolute Gasteiger partial charge is 0.573 e. The van der Waals surface area contributed by atoms with Crippen molar-refractivity contribution < 1.29 is 31.1 Å². The van der Waals surface area contributed by atoms with Crippen LogP contribution in [0.3, 0.4) is 0 Å². The Morgan fingerprint density at radius 2 is 1.94 bits per heavy atom. The lowest BCUT2D eigenvalue weighted by molar-refractivity contribution is -0.275. The Bertz CT molecular complexity index is 1090. The number of nitrogens with zero attached hydrogens (tertiary/aromatic N) is 2. The minimum absolute atomic E-state index is 0.0221. The second kappa shape index (κ2) is 8.48. The van der Waals surface area contributed by atoms with Gasteiger partial charge in [-0.1, -0.05) is 18.2 Å². The van der Waals surface area contributed by atoms with Crippen LogP contribution in [0.2, 0.25) is 0 Å². The van der Waals surface area contributed by atoms with E-state index in [9.17, 15) is 26.4 Å². The van der Waals surface area contributed by atoms with E-state index in [1.54, 1.807) is 29.0 Å². The summed E-state index contributed by atoms with van der Waals surface area (Å²) in [5, 5.41) is 5.17. The van der Waals surface area contributed by atoms with Gasteiger partial charge in [-0.3, -0.25) is 9.69 Å². The van der Waals surface area contributed by atoms with Gasteiger partial charge in [0.05, 0.1) is 11.4 Å². The lowest BCUT2D eigenvalue weighted by Gasteiger charge is -2.26. The first-order chi connectivity index (χ1) is 14.3. The minimum Gasteiger partial charge on any atom is -0.405 e. The fraction of sp³-hybridized carbons (Fsp3) is 0.350. The zero-order valence-electron chi connectivity index (χ0n) is 16.9. The number of alkyl halides is 3. The number of amides is 1. The average molecular weight is 457 g/mol. The molecule has 0 unspecified atom stereocenters. The molecule has 11 heteroatoms. The van der Waals surface area contributed by atoms with Crippen molar-refractivity contribution in [2.75, 3.05) is 18.5 Å². The molecule has 31 heavy (non-hydrogen) atoms. The number of benzene rings is 2. The van der Waals surface area contributed by atoms with Crippen LogP contribution in [0.5, 0.6) is 5.75 Å². The topological polar surface area (TPSA) is 92.9 Å². The van der Waals surface area contributed by atoms with Crippen LogP contribution in [0.25, 0.3) is 0 Å². The number of para-hydroxylation sites is 1. The summed E-state index contributed by atoms with van der Waals surface area (Å²) in [6.07, 6.45) is -4.34. The number of sulfonamides is 1. The normalized spacial score (nSPS) is 16.5. The number of hydrogen-bond acceptors (Lipinski definition) is 5. The zero-order valence-corrected chi connectivity index (χ0v) is 17.7. The Balaban J connectivity index is 1.73. The highest BCUT2D eigenvalue weighted by Crippen LogP contribution is 2.34. The molecule has 0 aromatic heterocycles. The van der Waals surface area contributed by atoms with Crippen molar-refractivity contribution in [3.63, 3.8) is 0 Å². The lowest BCUT2D eigenvalue weighted by Crippen LogP contribution is -2.42. The molecule has 2 aromatic carbocycles. The molecular formula is C20H22F3N3O4S. The molecule has 0 bridgehead atoms. The Morgan fingerprint density at radius 3 is 2.58 bits per heavy atom. The van der Waals surface area contributed by atoms with Gasteiger partial charge in [-0.05, 0) is 50.2 Å². The van der Waals surface area contributed by atoms with Gasteiger partial charge in [0.2, 0.25) is 15.9 Å². The summed E-state index contributed by atoms with van der Waals surface area (Å²) in [5.41, 5.74) is 1.58. The van der Waals surface area contributed by atoms with Crippen LogP contribution < -0.4 is 14.8 Å². The quantitative estimate of drug-likeness (QED) is 0.720. The summed E-state index contributed by atoms with van der Waals surface area (Å²) in [7, 11) is -2.23. The third kappa shape index (κ3) is 5.54. The molecule has 168 valence electrons. The number of ether oxygens (including phenoxy) is 1. The predicted molar refractivity (Wildman–Crippen MR) is 108 cm³/mol. The van der Waals surface area contributed by atoms with Gasteiger partial charge in [0.1, 0.15) is 5.75 Å². The molecule has 7 nitrogen and oxygen atoms in total. The average Bonchev–Trinajstić information content (AvgIpc) is 2.96. The van der Waals surface area contributed by atoms with Gasteiger partial charge < -0.3 is 9.64 Å². The number of halogens is 3. The van der Waals surface area contributed by atoms with Crippen molar-refractivity contribution in [2.24, 2.45) is 5.14 Å². The number of nitrogens with two attached hydrogens (primary N) is 1. The molecule has 2 N–H and O–H groups in total. The van der Waals surface area contributed by atoms with Crippen molar-refractivity contribution in [1.29, 1.82) is 0 Å². The molecule has 0 fully saturated rings. The number of carbonyl (C=O) groups excluding carboxylic acids is 1. The Hall–Kier alpha value is -2.63. The van der Waals surface area contributed by atoms with Gasteiger partial charge >= 0.3 is 6.36 Å². The minimum atomic E-state index is -4.81. The van der Waals surface area contributed by atoms with Gasteiger partial charge in [0, 0.05) is 23.8 Å². The first-order valence-electron chi connectivity index (χ1n) is 9.35. The number of hydrogen-bond donors (Lipinski definition) is 1. The van der Waals surface area contributed by atoms with Gasteiger partial charge in [0.15, 0.2) is 0 Å². The van der Waals surface area contributed by atoms with Crippen LogP contribution in [-0.4, -0.2) is 45.2 Å². The number of fused-ring (bicyclic) bond motifs is 1. The molecule has 0 aliphatic carbocycles. The third-order valence-corrected chi connectivity index (χ3v) is 5.82. The fourth-order valence-electron chi connectivity index (χ4n) is 3.68. The van der Waals surface area contributed by atoms with Gasteiger partial charge in [-0.15, -0.1) is 13.2 Å². The highest BCUT2D eigenvalue weighted by atomic mass is 32.2. The third-order valence-electron chi connectivity index (χ3n) is 4.91. The molecule has 2 aromatic rings. The van der Waals surface area contributed by atoms with Crippen molar-refractivity contribution in [3.05, 3.63) is 53.6 Å². The Labute approximate surface area is 178 Å². The van der Waals surface area contributed by atoms with Gasteiger partial charge in [-0.2, -0.15) is 0 Å². The first kappa shape index (κ1) is 23.0. The highest BCUT2D eigenvalue weighted by molar-refractivity contribution is 7.89. The standard InChI is InChI=1S/C20H22F3N3O4S/c1-13-9-15-10-16(31(24,28)29)7-8-17(15)26(13)19(27)12-25(2)11-14-5-3-4-6-18(14)30-20(21,22)23/h3-8,10,13H,9,11-12H2,1-2H3,(H2,24,28,29)/t13-/m0/s1. The number of likely N-dealkylation sites (N-methyl/N-ethyl adjacent to an activating group) is 1. The van der Waals surface area contributed by atoms with Crippen molar-refractivity contribution in [1.82, 2.24) is 4.90 Å². The molecule has 0 saturated heterocycles. The molecule has 0 spiro atoms. The SMILES string of the molecule is C[C@H]1Cc2cc(S(N)(=O)=O)ccc2N1C(=O)CN(C)Cc1ccccc1OC(F)(F)F. The summed E-state index contributed by atoms with van der Waals surface area (Å²) >= 11 is 0. The van der Waals surface area contributed by atoms with Crippen molar-refractivity contribution in [3.8, 4) is 5.75 Å². The smallest absolute Gasteiger partial charge is 0.405 e. The second-order valence-electron chi connectivity index (χ2n) is 7.48. The van der Waals surface area contributed by atoms with E-state index in [1.807, 2.05) is 6.92 Å². The lowest BCUT2D eigenvalue weighted by atomic mass is 10.1. The first-order valence-corrected chi connectivity index (χ1v) is 10.9. The van der Waals surface area contributed by atoms with E-state index in [0.717, 1.165) is 0 Å². The summed E-state index contributed by atoms with van der Waals surface area (Å²) in [4.78, 5) is 16.1. The number of primary sulfonamides is 1. The van der Waals surface area contributed by atoms with E-state index in [4.69, 9.17) is 5.14 Å². The van der Waals surface area contributed by atoms with E-state index in [2.05, 4.69) is 4.74 Å². The van der Waals surface area contributed by atoms with E-state index in [1.165, 1.54) is 30.3 Å². The number of rotatable bonds is 6. The zero-order chi connectivity index (χ0) is 23.0. The monoisotopic (exact) mass is 457 g/mol. The molecule has 1 heterocycles. The molecule has 3 rings (SSSR count). The fourth-order valence-corrected chi connectivity index (χ4v) is 4.24. The number of carbonyl (C=O) groups is 1. The maximum absolute atomic E-state index is 12.9. The molecule has 0 saturated carbocycles. The van der Waals surface area contributed by atoms with Crippen LogP contribution in [0.15, 0.2) is 47.4 Å². The number of anilines is 1. The van der Waals surface area contributed by atoms with Gasteiger partial charge in [0.25, 0.3) is 0 Å². The highest BCUT2D eigenvalue weighted by Gasteiger charge is 2.33. The van der Waals surface area contributed by atoms with E-state index >= 15 is 0 Å². The second-order valence-corrected chi connectivity index (χ2v) is 9.04. The molecule has 1 aliphatic heterocycles. The summed E-state index contributed by atoms with van der Waals surface area (Å²) in [6.45, 7) is 1.85. The van der Waals surface area contributed by atoms with Crippen LogP contribution in [0.1, 0.15) is 18.1 Å². The predicted octanol–water partition coefficient (Wildman–Crippen LogP) is 2.64. The molecular weight excluding hydrogens is 435 g/mol. The molecule has 0 radical (unpaired) electrons. The maximum Gasteiger partial charge on any atom is 0.573 e. The maximum atomic E-state index is 12.9.